The van der Waals surface area contributed by atoms with Crippen molar-refractivity contribution >= 4 is 6.08 Å². The van der Waals surface area contributed by atoms with Crippen molar-refractivity contribution in [1.82, 2.24) is 15.1 Å². The number of rotatable bonds is 5. The highest BCUT2D eigenvalue weighted by molar-refractivity contribution is 5.55. The van der Waals surface area contributed by atoms with E-state index in [0.29, 0.717) is 5.92 Å². The van der Waals surface area contributed by atoms with Crippen LogP contribution >= 0.6 is 0 Å². The van der Waals surface area contributed by atoms with E-state index < -0.39 is 0 Å². The Bertz CT molecular complexity index is 522. The maximum absolute atomic E-state index is 4.23. The third-order valence-electron chi connectivity index (χ3n) is 3.14. The van der Waals surface area contributed by atoms with Crippen LogP contribution in [0.5, 0.6) is 0 Å². The Balaban J connectivity index is 2.20. The summed E-state index contributed by atoms with van der Waals surface area (Å²) in [5.74, 6) is 0.554. The van der Waals surface area contributed by atoms with Gasteiger partial charge in [0, 0.05) is 18.9 Å². The van der Waals surface area contributed by atoms with Crippen LogP contribution in [-0.2, 0) is 0 Å². The van der Waals surface area contributed by atoms with Gasteiger partial charge in [-0.15, -0.1) is 0 Å². The first-order valence-corrected chi connectivity index (χ1v) is 6.66. The minimum atomic E-state index is 0.554. The van der Waals surface area contributed by atoms with Gasteiger partial charge in [-0.05, 0) is 36.7 Å². The molecule has 1 N–H and O–H groups in total. The molecule has 0 aliphatic carbocycles. The first kappa shape index (κ1) is 13.6. The zero-order valence-electron chi connectivity index (χ0n) is 11.8. The molecular weight excluding hydrogens is 234 g/mol. The van der Waals surface area contributed by atoms with Crippen molar-refractivity contribution in [2.45, 2.75) is 13.8 Å². The molecule has 0 saturated heterocycles. The van der Waals surface area contributed by atoms with Crippen LogP contribution in [-0.4, -0.2) is 23.4 Å². The fourth-order valence-electron chi connectivity index (χ4n) is 1.98. The SMILES string of the molecule is CNCC(=Cc1ccc(-n2cccn2)cc1)C(C)C. The molecule has 0 atom stereocenters. The van der Waals surface area contributed by atoms with E-state index in [1.165, 1.54) is 11.1 Å². The second kappa shape index (κ2) is 6.34. The summed E-state index contributed by atoms with van der Waals surface area (Å²) >= 11 is 0. The first-order valence-electron chi connectivity index (χ1n) is 6.66. The van der Waals surface area contributed by atoms with Crippen LogP contribution < -0.4 is 5.32 Å². The molecule has 0 saturated carbocycles. The topological polar surface area (TPSA) is 29.9 Å². The first-order chi connectivity index (χ1) is 9.20. The predicted octanol–water partition coefficient (Wildman–Crippen LogP) is 3.13. The van der Waals surface area contributed by atoms with E-state index in [1.807, 2.05) is 24.0 Å². The Morgan fingerprint density at radius 1 is 1.32 bits per heavy atom. The smallest absolute Gasteiger partial charge is 0.0645 e. The largest absolute Gasteiger partial charge is 0.316 e. The van der Waals surface area contributed by atoms with Crippen molar-refractivity contribution in [2.24, 2.45) is 5.92 Å². The molecule has 19 heavy (non-hydrogen) atoms. The molecule has 1 aromatic carbocycles. The van der Waals surface area contributed by atoms with Crippen LogP contribution in [0.15, 0.2) is 48.3 Å². The summed E-state index contributed by atoms with van der Waals surface area (Å²) < 4.78 is 1.87. The number of nitrogens with zero attached hydrogens (tertiary/aromatic N) is 2. The standard InChI is InChI=1S/C16H21N3/c1-13(2)15(12-17-3)11-14-5-7-16(8-6-14)19-10-4-9-18-19/h4-11,13,17H,12H2,1-3H3. The minimum absolute atomic E-state index is 0.554. The molecule has 3 heteroatoms. The fraction of sp³-hybridized carbons (Fsp3) is 0.312. The molecule has 0 bridgehead atoms. The fourth-order valence-corrected chi connectivity index (χ4v) is 1.98. The summed E-state index contributed by atoms with van der Waals surface area (Å²) in [7, 11) is 1.98. The van der Waals surface area contributed by atoms with Crippen molar-refractivity contribution in [3.63, 3.8) is 0 Å². The van der Waals surface area contributed by atoms with Crippen molar-refractivity contribution in [3.05, 3.63) is 53.9 Å². The van der Waals surface area contributed by atoms with Gasteiger partial charge >= 0.3 is 0 Å². The van der Waals surface area contributed by atoms with E-state index in [2.05, 4.69) is 54.6 Å². The summed E-state index contributed by atoms with van der Waals surface area (Å²) in [5.41, 5.74) is 3.73. The Hall–Kier alpha value is -1.87. The van der Waals surface area contributed by atoms with Crippen molar-refractivity contribution in [3.8, 4) is 5.69 Å². The highest BCUT2D eigenvalue weighted by Crippen LogP contribution is 2.16. The molecule has 0 aliphatic rings. The number of nitrogens with one attached hydrogen (secondary N) is 1. The zero-order valence-corrected chi connectivity index (χ0v) is 11.8. The van der Waals surface area contributed by atoms with E-state index in [4.69, 9.17) is 0 Å². The van der Waals surface area contributed by atoms with E-state index in [-0.39, 0.29) is 0 Å². The van der Waals surface area contributed by atoms with E-state index in [0.717, 1.165) is 12.2 Å². The zero-order chi connectivity index (χ0) is 13.7. The molecule has 0 unspecified atom stereocenters. The number of likely N-dealkylation sites (N-methyl/N-ethyl adjacent to an activating group) is 1. The van der Waals surface area contributed by atoms with Gasteiger partial charge in [-0.1, -0.05) is 37.6 Å². The van der Waals surface area contributed by atoms with Gasteiger partial charge in [-0.3, -0.25) is 0 Å². The monoisotopic (exact) mass is 255 g/mol. The van der Waals surface area contributed by atoms with Crippen LogP contribution in [0.25, 0.3) is 11.8 Å². The van der Waals surface area contributed by atoms with Gasteiger partial charge in [0.2, 0.25) is 0 Å². The molecule has 0 aliphatic heterocycles. The van der Waals surface area contributed by atoms with E-state index in [9.17, 15) is 0 Å². The molecule has 3 nitrogen and oxygen atoms in total. The van der Waals surface area contributed by atoms with Gasteiger partial charge in [0.25, 0.3) is 0 Å². The average Bonchev–Trinajstić information content (AvgIpc) is 2.93. The Kier molecular flexibility index (Phi) is 4.53. The molecule has 0 radical (unpaired) electrons. The molecule has 2 aromatic rings. The second-order valence-corrected chi connectivity index (χ2v) is 4.95. The lowest BCUT2D eigenvalue weighted by Gasteiger charge is -2.11. The van der Waals surface area contributed by atoms with Gasteiger partial charge in [0.15, 0.2) is 0 Å². The van der Waals surface area contributed by atoms with Crippen LogP contribution in [0.2, 0.25) is 0 Å². The maximum Gasteiger partial charge on any atom is 0.0645 e. The predicted molar refractivity (Wildman–Crippen MR) is 80.3 cm³/mol. The number of hydrogen-bond acceptors (Lipinski definition) is 2. The van der Waals surface area contributed by atoms with Crippen LogP contribution in [0.4, 0.5) is 0 Å². The number of benzene rings is 1. The van der Waals surface area contributed by atoms with Crippen LogP contribution in [0.1, 0.15) is 19.4 Å². The third-order valence-corrected chi connectivity index (χ3v) is 3.14. The molecule has 1 aromatic heterocycles. The average molecular weight is 255 g/mol. The highest BCUT2D eigenvalue weighted by atomic mass is 15.3. The molecular formula is C16H21N3. The molecule has 100 valence electrons. The maximum atomic E-state index is 4.23. The van der Waals surface area contributed by atoms with Crippen molar-refractivity contribution in [2.75, 3.05) is 13.6 Å². The number of aromatic nitrogens is 2. The molecule has 1 heterocycles. The summed E-state index contributed by atoms with van der Waals surface area (Å²) in [5, 5.41) is 7.45. The van der Waals surface area contributed by atoms with Crippen LogP contribution in [0, 0.1) is 5.92 Å². The Morgan fingerprint density at radius 2 is 2.05 bits per heavy atom. The lowest BCUT2D eigenvalue weighted by molar-refractivity contribution is 0.713. The summed E-state index contributed by atoms with van der Waals surface area (Å²) in [6.45, 7) is 5.38. The quantitative estimate of drug-likeness (QED) is 0.889. The Morgan fingerprint density at radius 3 is 2.58 bits per heavy atom. The molecule has 0 amide bonds. The van der Waals surface area contributed by atoms with E-state index >= 15 is 0 Å². The van der Waals surface area contributed by atoms with Crippen molar-refractivity contribution in [1.29, 1.82) is 0 Å². The van der Waals surface area contributed by atoms with E-state index in [1.54, 1.807) is 6.20 Å². The third kappa shape index (κ3) is 3.55. The van der Waals surface area contributed by atoms with Gasteiger partial charge in [-0.2, -0.15) is 5.10 Å². The molecule has 0 fully saturated rings. The summed E-state index contributed by atoms with van der Waals surface area (Å²) in [6.07, 6.45) is 6.00. The van der Waals surface area contributed by atoms with Crippen molar-refractivity contribution < 1.29 is 0 Å². The highest BCUT2D eigenvalue weighted by Gasteiger charge is 2.02. The lowest BCUT2D eigenvalue weighted by atomic mass is 10.0. The Labute approximate surface area is 115 Å². The lowest BCUT2D eigenvalue weighted by Crippen LogP contribution is -2.13. The molecule has 2 rings (SSSR count). The summed E-state index contributed by atoms with van der Waals surface area (Å²) in [4.78, 5) is 0. The van der Waals surface area contributed by atoms with Gasteiger partial charge in [0.05, 0.1) is 5.69 Å². The minimum Gasteiger partial charge on any atom is -0.316 e. The van der Waals surface area contributed by atoms with Gasteiger partial charge in [-0.25, -0.2) is 4.68 Å². The normalized spacial score (nSPS) is 12.1. The van der Waals surface area contributed by atoms with Crippen LogP contribution in [0.3, 0.4) is 0 Å². The van der Waals surface area contributed by atoms with Gasteiger partial charge < -0.3 is 5.32 Å². The molecule has 0 spiro atoms. The number of hydrogen-bond donors (Lipinski definition) is 1. The second-order valence-electron chi connectivity index (χ2n) is 4.95. The summed E-state index contributed by atoms with van der Waals surface area (Å²) in [6, 6.07) is 10.4. The van der Waals surface area contributed by atoms with Gasteiger partial charge in [0.1, 0.15) is 0 Å².